The first kappa shape index (κ1) is 22.7. The summed E-state index contributed by atoms with van der Waals surface area (Å²) in [6.45, 7) is 3.60. The average molecular weight is 500 g/mol. The topological polar surface area (TPSA) is 102 Å². The maximum Gasteiger partial charge on any atom is 0.291 e. The Morgan fingerprint density at radius 2 is 1.65 bits per heavy atom. The Morgan fingerprint density at radius 3 is 2.49 bits per heavy atom. The summed E-state index contributed by atoms with van der Waals surface area (Å²) >= 11 is 0. The number of carbonyl (C=O) groups excluding carboxylic acids is 1. The van der Waals surface area contributed by atoms with Crippen molar-refractivity contribution in [1.29, 1.82) is 0 Å². The van der Waals surface area contributed by atoms with Crippen LogP contribution in [0.15, 0.2) is 82.0 Å². The second-order valence-electron chi connectivity index (χ2n) is 8.79. The third-order valence-electron chi connectivity index (χ3n) is 6.40. The second-order valence-corrected chi connectivity index (χ2v) is 8.79. The molecule has 0 spiro atoms. The number of furan rings is 1. The summed E-state index contributed by atoms with van der Waals surface area (Å²) in [6.07, 6.45) is 0. The van der Waals surface area contributed by atoms with Crippen LogP contribution < -0.4 is 30.1 Å². The molecule has 1 N–H and O–H groups in total. The quantitative estimate of drug-likeness (QED) is 0.432. The molecule has 0 bridgehead atoms. The van der Waals surface area contributed by atoms with Crippen molar-refractivity contribution in [2.75, 3.05) is 48.1 Å². The highest BCUT2D eigenvalue weighted by molar-refractivity contribution is 6.02. The second kappa shape index (κ2) is 9.73. The third-order valence-corrected chi connectivity index (χ3v) is 6.40. The Labute approximate surface area is 212 Å². The first-order chi connectivity index (χ1) is 18.1. The largest absolute Gasteiger partial charge is 0.454 e. The summed E-state index contributed by atoms with van der Waals surface area (Å²) in [5.41, 5.74) is 1.52. The predicted octanol–water partition coefficient (Wildman–Crippen LogP) is 3.19. The molecule has 0 saturated carbocycles. The molecule has 0 aliphatic carbocycles. The maximum absolute atomic E-state index is 12.7. The number of amides is 1. The van der Waals surface area contributed by atoms with Gasteiger partial charge >= 0.3 is 0 Å². The van der Waals surface area contributed by atoms with Crippen LogP contribution in [0.4, 0.5) is 17.2 Å². The number of hydrogen-bond donors (Lipinski definition) is 1. The Bertz CT molecular complexity index is 1470. The molecule has 0 atom stereocenters. The molecule has 2 aromatic carbocycles. The van der Waals surface area contributed by atoms with E-state index in [2.05, 4.69) is 32.3 Å². The fourth-order valence-corrected chi connectivity index (χ4v) is 4.45. The van der Waals surface area contributed by atoms with Gasteiger partial charge in [0, 0.05) is 49.7 Å². The zero-order chi connectivity index (χ0) is 25.2. The number of carbonyl (C=O) groups is 1. The summed E-state index contributed by atoms with van der Waals surface area (Å²) < 4.78 is 17.7. The molecule has 10 heteroatoms. The summed E-state index contributed by atoms with van der Waals surface area (Å²) in [7, 11) is 0. The minimum atomic E-state index is -0.407. The van der Waals surface area contributed by atoms with E-state index in [0.29, 0.717) is 22.9 Å². The van der Waals surface area contributed by atoms with Crippen molar-refractivity contribution < 1.29 is 18.7 Å². The molecule has 1 fully saturated rings. The highest BCUT2D eigenvalue weighted by Gasteiger charge is 2.20. The summed E-state index contributed by atoms with van der Waals surface area (Å²) in [5.74, 6) is 2.13. The number of benzene rings is 2. The molecular weight excluding hydrogens is 474 g/mol. The Morgan fingerprint density at radius 1 is 0.865 bits per heavy atom. The fourth-order valence-electron chi connectivity index (χ4n) is 4.45. The van der Waals surface area contributed by atoms with E-state index in [1.165, 1.54) is 16.4 Å². The van der Waals surface area contributed by atoms with Crippen LogP contribution in [0.25, 0.3) is 0 Å². The number of anilines is 3. The highest BCUT2D eigenvalue weighted by Crippen LogP contribution is 2.34. The van der Waals surface area contributed by atoms with Gasteiger partial charge in [0.2, 0.25) is 6.79 Å². The van der Waals surface area contributed by atoms with Gasteiger partial charge in [-0.15, -0.1) is 0 Å². The number of para-hydroxylation sites is 1. The fraction of sp³-hybridized carbons (Fsp3) is 0.222. The molecule has 1 amide bonds. The molecule has 4 aromatic rings. The zero-order valence-electron chi connectivity index (χ0n) is 20.0. The van der Waals surface area contributed by atoms with E-state index in [-0.39, 0.29) is 24.7 Å². The van der Waals surface area contributed by atoms with Crippen molar-refractivity contribution >= 4 is 23.1 Å². The molecule has 0 unspecified atom stereocenters. The lowest BCUT2D eigenvalue weighted by atomic mass is 10.2. The van der Waals surface area contributed by atoms with Crippen LogP contribution in [0.1, 0.15) is 16.3 Å². The summed E-state index contributed by atoms with van der Waals surface area (Å²) in [4.78, 5) is 29.7. The number of ether oxygens (including phenoxy) is 2. The van der Waals surface area contributed by atoms with E-state index in [1.807, 2.05) is 18.2 Å². The van der Waals surface area contributed by atoms with E-state index in [1.54, 1.807) is 36.4 Å². The SMILES string of the molecule is O=C(Nc1ccc2c(c1)OCO2)c1ccc(Cn2nc(N3CCN(c4ccccc4)CC3)ccc2=O)o1. The smallest absolute Gasteiger partial charge is 0.291 e. The van der Waals surface area contributed by atoms with E-state index in [9.17, 15) is 9.59 Å². The average Bonchev–Trinajstić information content (AvgIpc) is 3.60. The van der Waals surface area contributed by atoms with Crippen LogP contribution in [0.3, 0.4) is 0 Å². The number of hydrogen-bond acceptors (Lipinski definition) is 8. The van der Waals surface area contributed by atoms with E-state index >= 15 is 0 Å². The van der Waals surface area contributed by atoms with Crippen LogP contribution in [0.2, 0.25) is 0 Å². The highest BCUT2D eigenvalue weighted by atomic mass is 16.7. The van der Waals surface area contributed by atoms with Crippen molar-refractivity contribution in [1.82, 2.24) is 9.78 Å². The van der Waals surface area contributed by atoms with Crippen LogP contribution in [-0.4, -0.2) is 48.7 Å². The molecule has 2 aromatic heterocycles. The third kappa shape index (κ3) is 4.86. The molecule has 2 aliphatic rings. The Kier molecular flexibility index (Phi) is 5.97. The van der Waals surface area contributed by atoms with Crippen molar-refractivity contribution in [2.45, 2.75) is 6.54 Å². The molecule has 10 nitrogen and oxygen atoms in total. The molecule has 37 heavy (non-hydrogen) atoms. The van der Waals surface area contributed by atoms with E-state index < -0.39 is 5.91 Å². The van der Waals surface area contributed by atoms with E-state index in [0.717, 1.165) is 32.0 Å². The number of piperazine rings is 1. The van der Waals surface area contributed by atoms with Crippen LogP contribution >= 0.6 is 0 Å². The zero-order valence-corrected chi connectivity index (χ0v) is 20.0. The lowest BCUT2D eigenvalue weighted by Gasteiger charge is -2.36. The van der Waals surface area contributed by atoms with Crippen LogP contribution in [-0.2, 0) is 6.54 Å². The van der Waals surface area contributed by atoms with Crippen LogP contribution in [0, 0.1) is 0 Å². The molecular formula is C27H25N5O5. The van der Waals surface area contributed by atoms with Gasteiger partial charge in [-0.25, -0.2) is 4.68 Å². The van der Waals surface area contributed by atoms with Gasteiger partial charge in [-0.05, 0) is 42.5 Å². The molecule has 2 aliphatic heterocycles. The van der Waals surface area contributed by atoms with Crippen molar-refractivity contribution in [3.05, 3.63) is 94.7 Å². The lowest BCUT2D eigenvalue weighted by molar-refractivity contribution is 0.0994. The number of aromatic nitrogens is 2. The van der Waals surface area contributed by atoms with Gasteiger partial charge < -0.3 is 29.0 Å². The van der Waals surface area contributed by atoms with Gasteiger partial charge in [-0.2, -0.15) is 5.10 Å². The van der Waals surface area contributed by atoms with E-state index in [4.69, 9.17) is 13.9 Å². The van der Waals surface area contributed by atoms with Gasteiger partial charge in [0.15, 0.2) is 17.3 Å². The number of fused-ring (bicyclic) bond motifs is 1. The first-order valence-corrected chi connectivity index (χ1v) is 12.1. The van der Waals surface area contributed by atoms with Crippen molar-refractivity contribution in [3.63, 3.8) is 0 Å². The summed E-state index contributed by atoms with van der Waals surface area (Å²) in [6, 6.07) is 22.0. The first-order valence-electron chi connectivity index (χ1n) is 12.1. The van der Waals surface area contributed by atoms with Gasteiger partial charge in [0.1, 0.15) is 18.1 Å². The Balaban J connectivity index is 1.10. The van der Waals surface area contributed by atoms with Crippen molar-refractivity contribution in [3.8, 4) is 11.5 Å². The monoisotopic (exact) mass is 499 g/mol. The molecule has 6 rings (SSSR count). The number of nitrogens with one attached hydrogen (secondary N) is 1. The van der Waals surface area contributed by atoms with Crippen LogP contribution in [0.5, 0.6) is 11.5 Å². The predicted molar refractivity (Wildman–Crippen MR) is 138 cm³/mol. The molecule has 0 radical (unpaired) electrons. The standard InChI is InChI=1S/C27H25N5O5/c33-26-11-10-25(31-14-12-30(13-15-31)20-4-2-1-3-5-20)29-32(26)17-21-7-9-23(37-21)27(34)28-19-6-8-22-24(16-19)36-18-35-22/h1-11,16H,12-15,17-18H2,(H,28,34). The lowest BCUT2D eigenvalue weighted by Crippen LogP contribution is -2.47. The normalized spacial score (nSPS) is 14.6. The van der Waals surface area contributed by atoms with Gasteiger partial charge in [-0.3, -0.25) is 9.59 Å². The van der Waals surface area contributed by atoms with Gasteiger partial charge in [0.25, 0.3) is 11.5 Å². The molecule has 4 heterocycles. The molecule has 1 saturated heterocycles. The maximum atomic E-state index is 12.7. The summed E-state index contributed by atoms with van der Waals surface area (Å²) in [5, 5.41) is 7.35. The molecule has 188 valence electrons. The Hall–Kier alpha value is -4.73. The van der Waals surface area contributed by atoms with Gasteiger partial charge in [0.05, 0.1) is 0 Å². The number of nitrogens with zero attached hydrogens (tertiary/aromatic N) is 4. The van der Waals surface area contributed by atoms with Gasteiger partial charge in [-0.1, -0.05) is 18.2 Å². The minimum absolute atomic E-state index is 0.119. The number of rotatable bonds is 6. The van der Waals surface area contributed by atoms with Crippen molar-refractivity contribution in [2.24, 2.45) is 0 Å². The minimum Gasteiger partial charge on any atom is -0.454 e.